The zero-order valence-electron chi connectivity index (χ0n) is 9.61. The Balaban J connectivity index is 2.49. The van der Waals surface area contributed by atoms with Crippen molar-refractivity contribution in [1.29, 1.82) is 5.26 Å². The minimum absolute atomic E-state index is 0.00819. The average molecular weight is 264 g/mol. The second-order valence-electron chi connectivity index (χ2n) is 3.83. The number of amides is 1. The van der Waals surface area contributed by atoms with Crippen LogP contribution in [-0.2, 0) is 4.79 Å². The normalized spacial score (nSPS) is 20.1. The Morgan fingerprint density at radius 2 is 2.41 bits per heavy atom. The topological polar surface area (TPSA) is 52.9 Å². The molecule has 1 amide bonds. The van der Waals surface area contributed by atoms with Crippen molar-refractivity contribution < 1.29 is 4.79 Å². The van der Waals surface area contributed by atoms with Gasteiger partial charge in [-0.3, -0.25) is 4.79 Å². The van der Waals surface area contributed by atoms with Crippen molar-refractivity contribution in [3.63, 3.8) is 0 Å². The molecule has 88 valence electrons. The molecule has 1 aliphatic heterocycles. The Morgan fingerprint density at radius 3 is 2.94 bits per heavy atom. The fourth-order valence-electron chi connectivity index (χ4n) is 1.95. The molecular weight excluding hydrogens is 252 g/mol. The molecule has 0 fully saturated rings. The molecule has 0 radical (unpaired) electrons. The van der Waals surface area contributed by atoms with E-state index >= 15 is 0 Å². The molecule has 0 saturated carbocycles. The quantitative estimate of drug-likeness (QED) is 0.893. The lowest BCUT2D eigenvalue weighted by molar-refractivity contribution is -0.120. The second kappa shape index (κ2) is 4.94. The van der Waals surface area contributed by atoms with Crippen LogP contribution in [0.5, 0.6) is 0 Å². The van der Waals surface area contributed by atoms with Gasteiger partial charge in [-0.15, -0.1) is 23.1 Å². The van der Waals surface area contributed by atoms with Crippen LogP contribution in [0.4, 0.5) is 0 Å². The molecule has 0 aliphatic carbocycles. The minimum Gasteiger partial charge on any atom is -0.320 e. The molecule has 2 rings (SSSR count). The summed E-state index contributed by atoms with van der Waals surface area (Å²) in [7, 11) is 0. The zero-order chi connectivity index (χ0) is 12.4. The average Bonchev–Trinajstić information content (AvgIpc) is 2.74. The van der Waals surface area contributed by atoms with Crippen molar-refractivity contribution in [2.75, 3.05) is 6.26 Å². The molecule has 1 aromatic rings. The molecule has 1 aromatic heterocycles. The summed E-state index contributed by atoms with van der Waals surface area (Å²) in [6.45, 7) is 2.02. The first kappa shape index (κ1) is 12.2. The maximum absolute atomic E-state index is 11.6. The zero-order valence-corrected chi connectivity index (χ0v) is 11.2. The Kier molecular flexibility index (Phi) is 3.55. The van der Waals surface area contributed by atoms with Crippen LogP contribution in [0, 0.1) is 18.3 Å². The van der Waals surface area contributed by atoms with Crippen LogP contribution in [-0.4, -0.2) is 12.2 Å². The summed E-state index contributed by atoms with van der Waals surface area (Å²) < 4.78 is 0. The summed E-state index contributed by atoms with van der Waals surface area (Å²) in [5.41, 5.74) is 1.84. The smallest absolute Gasteiger partial charge is 0.225 e. The number of aryl methyl sites for hydroxylation is 1. The van der Waals surface area contributed by atoms with Gasteiger partial charge in [-0.1, -0.05) is 0 Å². The Bertz CT molecular complexity index is 525. The highest BCUT2D eigenvalue weighted by atomic mass is 32.2. The van der Waals surface area contributed by atoms with E-state index in [0.717, 1.165) is 10.4 Å². The van der Waals surface area contributed by atoms with Gasteiger partial charge < -0.3 is 5.32 Å². The van der Waals surface area contributed by atoms with Gasteiger partial charge in [0.15, 0.2) is 0 Å². The predicted octanol–water partition coefficient (Wildman–Crippen LogP) is 2.76. The van der Waals surface area contributed by atoms with Crippen LogP contribution in [0.1, 0.15) is 22.8 Å². The minimum atomic E-state index is -0.0730. The molecule has 0 bridgehead atoms. The molecule has 1 aliphatic rings. The number of allylic oxidation sites excluding steroid dienone is 1. The maximum Gasteiger partial charge on any atom is 0.225 e. The van der Waals surface area contributed by atoms with Gasteiger partial charge in [-0.05, 0) is 30.2 Å². The third-order valence-electron chi connectivity index (χ3n) is 2.78. The lowest BCUT2D eigenvalue weighted by Gasteiger charge is -2.23. The van der Waals surface area contributed by atoms with Crippen molar-refractivity contribution in [3.8, 4) is 6.07 Å². The van der Waals surface area contributed by atoms with E-state index in [9.17, 15) is 10.1 Å². The lowest BCUT2D eigenvalue weighted by atomic mass is 9.91. The second-order valence-corrected chi connectivity index (χ2v) is 5.60. The highest BCUT2D eigenvalue weighted by Crippen LogP contribution is 2.38. The van der Waals surface area contributed by atoms with Gasteiger partial charge in [0.25, 0.3) is 0 Å². The van der Waals surface area contributed by atoms with Gasteiger partial charge in [0, 0.05) is 17.2 Å². The summed E-state index contributed by atoms with van der Waals surface area (Å²) in [5.74, 6) is -0.0812. The Morgan fingerprint density at radius 1 is 1.65 bits per heavy atom. The number of hydrogen-bond acceptors (Lipinski definition) is 4. The monoisotopic (exact) mass is 264 g/mol. The van der Waals surface area contributed by atoms with Crippen molar-refractivity contribution in [2.45, 2.75) is 19.3 Å². The van der Waals surface area contributed by atoms with Gasteiger partial charge in [-0.2, -0.15) is 5.26 Å². The van der Waals surface area contributed by atoms with Gasteiger partial charge in [0.1, 0.15) is 0 Å². The Labute approximate surface area is 109 Å². The van der Waals surface area contributed by atoms with Crippen LogP contribution < -0.4 is 5.32 Å². The summed E-state index contributed by atoms with van der Waals surface area (Å²) in [5, 5.41) is 14.7. The van der Waals surface area contributed by atoms with Crippen molar-refractivity contribution >= 4 is 29.0 Å². The van der Waals surface area contributed by atoms with Crippen LogP contribution in [0.25, 0.3) is 0 Å². The highest BCUT2D eigenvalue weighted by Gasteiger charge is 2.30. The number of carbonyl (C=O) groups excluding carboxylic acids is 1. The first-order chi connectivity index (χ1) is 8.17. The van der Waals surface area contributed by atoms with E-state index in [4.69, 9.17) is 0 Å². The first-order valence-corrected chi connectivity index (χ1v) is 7.30. The summed E-state index contributed by atoms with van der Waals surface area (Å²) in [6, 6.07) is 4.27. The maximum atomic E-state index is 11.6. The molecule has 1 N–H and O–H groups in total. The van der Waals surface area contributed by atoms with Gasteiger partial charge in [0.05, 0.1) is 16.7 Å². The lowest BCUT2D eigenvalue weighted by Crippen LogP contribution is -2.30. The van der Waals surface area contributed by atoms with Gasteiger partial charge in [-0.25, -0.2) is 0 Å². The van der Waals surface area contributed by atoms with E-state index in [1.807, 2.05) is 24.6 Å². The number of nitriles is 1. The SMILES string of the molecule is CSC1=C(C#N)[C@H](c2sccc2C)CC(=O)N1. The van der Waals surface area contributed by atoms with E-state index < -0.39 is 0 Å². The van der Waals surface area contributed by atoms with Gasteiger partial charge >= 0.3 is 0 Å². The number of carbonyl (C=O) groups is 1. The van der Waals surface area contributed by atoms with E-state index in [2.05, 4.69) is 11.4 Å². The number of rotatable bonds is 2. The number of nitrogens with zero attached hydrogens (tertiary/aromatic N) is 1. The molecular formula is C12H12N2OS2. The first-order valence-electron chi connectivity index (χ1n) is 5.19. The molecule has 0 unspecified atom stereocenters. The van der Waals surface area contributed by atoms with Crippen molar-refractivity contribution in [2.24, 2.45) is 0 Å². The number of thiophene rings is 1. The number of thioether (sulfide) groups is 1. The highest BCUT2D eigenvalue weighted by molar-refractivity contribution is 8.02. The molecule has 3 nitrogen and oxygen atoms in total. The van der Waals surface area contributed by atoms with Crippen LogP contribution in [0.15, 0.2) is 22.0 Å². The van der Waals surface area contributed by atoms with Crippen molar-refractivity contribution in [1.82, 2.24) is 5.32 Å². The van der Waals surface area contributed by atoms with E-state index in [0.29, 0.717) is 17.0 Å². The van der Waals surface area contributed by atoms with E-state index in [1.165, 1.54) is 11.8 Å². The largest absolute Gasteiger partial charge is 0.320 e. The van der Waals surface area contributed by atoms with Crippen LogP contribution in [0.3, 0.4) is 0 Å². The number of hydrogen-bond donors (Lipinski definition) is 1. The molecule has 5 heteroatoms. The summed E-state index contributed by atoms with van der Waals surface area (Å²) >= 11 is 3.03. The molecule has 0 saturated heterocycles. The number of nitrogens with one attached hydrogen (secondary N) is 1. The fourth-order valence-corrected chi connectivity index (χ4v) is 3.61. The van der Waals surface area contributed by atoms with Gasteiger partial charge in [0.2, 0.25) is 5.91 Å². The molecule has 0 aromatic carbocycles. The summed E-state index contributed by atoms with van der Waals surface area (Å²) in [4.78, 5) is 12.8. The molecule has 2 heterocycles. The molecule has 17 heavy (non-hydrogen) atoms. The molecule has 0 spiro atoms. The summed E-state index contributed by atoms with van der Waals surface area (Å²) in [6.07, 6.45) is 2.24. The van der Waals surface area contributed by atoms with E-state index in [-0.39, 0.29) is 11.8 Å². The third-order valence-corrected chi connectivity index (χ3v) is 4.64. The standard InChI is InChI=1S/C12H12N2OS2/c1-7-3-4-17-11(7)8-5-10(15)14-12(16-2)9(8)6-13/h3-4,8H,5H2,1-2H3,(H,14,15)/t8-/m1/s1. The fraction of sp³-hybridized carbons (Fsp3) is 0.333. The van der Waals surface area contributed by atoms with E-state index in [1.54, 1.807) is 11.3 Å². The molecule has 1 atom stereocenters. The Hall–Kier alpha value is -1.25. The van der Waals surface area contributed by atoms with Crippen molar-refractivity contribution in [3.05, 3.63) is 32.5 Å². The predicted molar refractivity (Wildman–Crippen MR) is 70.7 cm³/mol. The third kappa shape index (κ3) is 2.24. The van der Waals surface area contributed by atoms with Crippen LogP contribution in [0.2, 0.25) is 0 Å². The van der Waals surface area contributed by atoms with Crippen LogP contribution >= 0.6 is 23.1 Å².